The average Bonchev–Trinajstić information content (AvgIpc) is 2.49. The van der Waals surface area contributed by atoms with E-state index in [1.54, 1.807) is 18.6 Å². The van der Waals surface area contributed by atoms with Crippen LogP contribution in [0, 0.1) is 0 Å². The lowest BCUT2D eigenvalue weighted by Gasteiger charge is -2.13. The van der Waals surface area contributed by atoms with E-state index in [1.807, 2.05) is 6.92 Å². The summed E-state index contributed by atoms with van der Waals surface area (Å²) in [6.07, 6.45) is 6.54. The number of carbonyl (C=O) groups is 1. The Kier molecular flexibility index (Phi) is 4.82. The minimum absolute atomic E-state index is 0.0890. The number of aromatic amines is 1. The van der Waals surface area contributed by atoms with Gasteiger partial charge in [-0.3, -0.25) is 24.1 Å². The Bertz CT molecular complexity index is 766. The van der Waals surface area contributed by atoms with Crippen LogP contribution in [0.15, 0.2) is 34.4 Å². The second kappa shape index (κ2) is 6.79. The molecule has 2 aromatic rings. The summed E-state index contributed by atoms with van der Waals surface area (Å²) in [5.41, 5.74) is 0.0345. The molecule has 0 aliphatic rings. The number of nitrogens with zero attached hydrogens (tertiary/aromatic N) is 3. The maximum atomic E-state index is 12.0. The Balaban J connectivity index is 1.97. The van der Waals surface area contributed by atoms with Crippen LogP contribution in [0.3, 0.4) is 0 Å². The smallest absolute Gasteiger partial charge is 0.328 e. The summed E-state index contributed by atoms with van der Waals surface area (Å²) < 4.78 is 0.936. The quantitative estimate of drug-likeness (QED) is 0.748. The number of hydrogen-bond acceptors (Lipinski definition) is 5. The number of nitrogens with one attached hydrogen (secondary N) is 2. The molecule has 22 heavy (non-hydrogen) atoms. The van der Waals surface area contributed by atoms with Gasteiger partial charge in [0.25, 0.3) is 5.56 Å². The Morgan fingerprint density at radius 1 is 1.41 bits per heavy atom. The van der Waals surface area contributed by atoms with Crippen molar-refractivity contribution in [2.24, 2.45) is 7.05 Å². The summed E-state index contributed by atoms with van der Waals surface area (Å²) in [5.74, 6) is -0.291. The van der Waals surface area contributed by atoms with Crippen LogP contribution in [-0.2, 0) is 24.7 Å². The van der Waals surface area contributed by atoms with Crippen molar-refractivity contribution in [2.75, 3.05) is 0 Å². The van der Waals surface area contributed by atoms with Gasteiger partial charge in [0.15, 0.2) is 0 Å². The van der Waals surface area contributed by atoms with E-state index in [4.69, 9.17) is 0 Å². The van der Waals surface area contributed by atoms with Crippen molar-refractivity contribution in [3.8, 4) is 0 Å². The molecule has 0 saturated carbocycles. The molecule has 1 amide bonds. The van der Waals surface area contributed by atoms with E-state index in [2.05, 4.69) is 20.3 Å². The Hall–Kier alpha value is -2.77. The molecule has 0 spiro atoms. The van der Waals surface area contributed by atoms with Crippen LogP contribution in [-0.4, -0.2) is 31.5 Å². The maximum Gasteiger partial charge on any atom is 0.328 e. The van der Waals surface area contributed by atoms with Crippen LogP contribution < -0.4 is 16.6 Å². The summed E-state index contributed by atoms with van der Waals surface area (Å²) in [6.45, 7) is 1.84. The highest BCUT2D eigenvalue weighted by Gasteiger charge is 2.12. The lowest BCUT2D eigenvalue weighted by atomic mass is 10.1. The van der Waals surface area contributed by atoms with Crippen LogP contribution in [0.5, 0.6) is 0 Å². The molecular formula is C14H17N5O3. The van der Waals surface area contributed by atoms with Gasteiger partial charge in [0, 0.05) is 49.9 Å². The number of amides is 1. The number of carbonyl (C=O) groups excluding carboxylic acids is 1. The molecule has 2 heterocycles. The van der Waals surface area contributed by atoms with E-state index in [1.165, 1.54) is 13.2 Å². The molecule has 0 radical (unpaired) electrons. The molecular weight excluding hydrogens is 286 g/mol. The molecule has 2 N–H and O–H groups in total. The van der Waals surface area contributed by atoms with E-state index >= 15 is 0 Å². The molecule has 2 aromatic heterocycles. The van der Waals surface area contributed by atoms with Crippen molar-refractivity contribution in [1.29, 1.82) is 0 Å². The largest absolute Gasteiger partial charge is 0.353 e. The monoisotopic (exact) mass is 303 g/mol. The number of aromatic nitrogens is 4. The van der Waals surface area contributed by atoms with Crippen molar-refractivity contribution in [1.82, 2.24) is 24.8 Å². The zero-order valence-corrected chi connectivity index (χ0v) is 12.4. The SMILES string of the molecule is C[C@H](Cc1cnccn1)NC(=O)Cc1c[nH]c(=O)n(C)c1=O. The Morgan fingerprint density at radius 3 is 2.86 bits per heavy atom. The molecule has 8 heteroatoms. The first-order chi connectivity index (χ1) is 10.5. The summed E-state index contributed by atoms with van der Waals surface area (Å²) in [5, 5.41) is 2.79. The van der Waals surface area contributed by atoms with E-state index < -0.39 is 11.2 Å². The standard InChI is InChI=1S/C14H17N5O3/c1-9(5-11-8-15-3-4-16-11)18-12(20)6-10-7-17-14(22)19(2)13(10)21/h3-4,7-9H,5-6H2,1-2H3,(H,17,22)(H,18,20)/t9-/m1/s1. The van der Waals surface area contributed by atoms with Gasteiger partial charge in [-0.1, -0.05) is 0 Å². The molecule has 116 valence electrons. The summed E-state index contributed by atoms with van der Waals surface area (Å²) in [4.78, 5) is 45.6. The molecule has 0 aliphatic carbocycles. The summed E-state index contributed by atoms with van der Waals surface area (Å²) >= 11 is 0. The van der Waals surface area contributed by atoms with Crippen molar-refractivity contribution in [3.05, 3.63) is 56.9 Å². The molecule has 0 fully saturated rings. The number of H-pyrrole nitrogens is 1. The average molecular weight is 303 g/mol. The lowest BCUT2D eigenvalue weighted by Crippen LogP contribution is -2.39. The fourth-order valence-electron chi connectivity index (χ4n) is 2.04. The van der Waals surface area contributed by atoms with Crippen LogP contribution in [0.1, 0.15) is 18.2 Å². The highest BCUT2D eigenvalue weighted by Crippen LogP contribution is 1.98. The third-order valence-electron chi connectivity index (χ3n) is 3.14. The third kappa shape index (κ3) is 3.87. The second-order valence-corrected chi connectivity index (χ2v) is 5.03. The highest BCUT2D eigenvalue weighted by atomic mass is 16.2. The van der Waals surface area contributed by atoms with Crippen molar-refractivity contribution >= 4 is 5.91 Å². The van der Waals surface area contributed by atoms with E-state index in [0.29, 0.717) is 6.42 Å². The van der Waals surface area contributed by atoms with E-state index in [9.17, 15) is 14.4 Å². The minimum Gasteiger partial charge on any atom is -0.353 e. The normalized spacial score (nSPS) is 11.9. The van der Waals surface area contributed by atoms with Crippen LogP contribution >= 0.6 is 0 Å². The van der Waals surface area contributed by atoms with Gasteiger partial charge in [-0.15, -0.1) is 0 Å². The van der Waals surface area contributed by atoms with Crippen molar-refractivity contribution < 1.29 is 4.79 Å². The molecule has 0 aromatic carbocycles. The van der Waals surface area contributed by atoms with Gasteiger partial charge in [-0.2, -0.15) is 0 Å². The molecule has 0 unspecified atom stereocenters. The first-order valence-electron chi connectivity index (χ1n) is 6.79. The van der Waals surface area contributed by atoms with Gasteiger partial charge in [-0.05, 0) is 6.92 Å². The first kappa shape index (κ1) is 15.6. The van der Waals surface area contributed by atoms with Gasteiger partial charge >= 0.3 is 5.69 Å². The van der Waals surface area contributed by atoms with Gasteiger partial charge in [-0.25, -0.2) is 4.79 Å². The molecule has 0 bridgehead atoms. The predicted molar refractivity (Wildman–Crippen MR) is 79.3 cm³/mol. The fraction of sp³-hybridized carbons (Fsp3) is 0.357. The Labute approximate surface area is 126 Å². The molecule has 0 saturated heterocycles. The van der Waals surface area contributed by atoms with Gasteiger partial charge < -0.3 is 10.3 Å². The second-order valence-electron chi connectivity index (χ2n) is 5.03. The zero-order chi connectivity index (χ0) is 16.1. The lowest BCUT2D eigenvalue weighted by molar-refractivity contribution is -0.121. The van der Waals surface area contributed by atoms with Gasteiger partial charge in [0.1, 0.15) is 0 Å². The van der Waals surface area contributed by atoms with Crippen LogP contribution in [0.25, 0.3) is 0 Å². The van der Waals surface area contributed by atoms with Gasteiger partial charge in [0.05, 0.1) is 12.1 Å². The maximum absolute atomic E-state index is 12.0. The summed E-state index contributed by atoms with van der Waals surface area (Å²) in [7, 11) is 1.36. The number of hydrogen-bond donors (Lipinski definition) is 2. The van der Waals surface area contributed by atoms with E-state index in [0.717, 1.165) is 10.3 Å². The molecule has 2 rings (SSSR count). The first-order valence-corrected chi connectivity index (χ1v) is 6.79. The van der Waals surface area contributed by atoms with Crippen LogP contribution in [0.4, 0.5) is 0 Å². The van der Waals surface area contributed by atoms with E-state index in [-0.39, 0.29) is 23.9 Å². The van der Waals surface area contributed by atoms with Crippen molar-refractivity contribution in [2.45, 2.75) is 25.8 Å². The molecule has 0 aliphatic heterocycles. The minimum atomic E-state index is -0.509. The zero-order valence-electron chi connectivity index (χ0n) is 12.4. The molecule has 8 nitrogen and oxygen atoms in total. The topological polar surface area (TPSA) is 110 Å². The predicted octanol–water partition coefficient (Wildman–Crippen LogP) is -0.846. The fourth-order valence-corrected chi connectivity index (χ4v) is 2.04. The third-order valence-corrected chi connectivity index (χ3v) is 3.14. The number of rotatable bonds is 5. The Morgan fingerprint density at radius 2 is 2.18 bits per heavy atom. The van der Waals surface area contributed by atoms with Crippen molar-refractivity contribution in [3.63, 3.8) is 0 Å². The molecule has 1 atom stereocenters. The summed E-state index contributed by atoms with van der Waals surface area (Å²) in [6, 6.07) is -0.143. The highest BCUT2D eigenvalue weighted by molar-refractivity contribution is 5.78. The van der Waals surface area contributed by atoms with Crippen LogP contribution in [0.2, 0.25) is 0 Å². The van der Waals surface area contributed by atoms with Gasteiger partial charge in [0.2, 0.25) is 5.91 Å².